The van der Waals surface area contributed by atoms with Crippen LogP contribution in [0, 0.1) is 17.8 Å². The average molecular weight is 263 g/mol. The first kappa shape index (κ1) is 13.0. The van der Waals surface area contributed by atoms with E-state index in [1.165, 1.54) is 25.7 Å². The van der Waals surface area contributed by atoms with Crippen LogP contribution < -0.4 is 5.32 Å². The first-order valence-corrected chi connectivity index (χ1v) is 7.62. The summed E-state index contributed by atoms with van der Waals surface area (Å²) in [5, 5.41) is 3.57. The summed E-state index contributed by atoms with van der Waals surface area (Å²) in [5.41, 5.74) is 0. The highest BCUT2D eigenvalue weighted by Crippen LogP contribution is 2.49. The van der Waals surface area contributed by atoms with Gasteiger partial charge in [0, 0.05) is 39.2 Å². The molecule has 0 aromatic carbocycles. The lowest BCUT2D eigenvalue weighted by Gasteiger charge is -2.17. The van der Waals surface area contributed by atoms with Gasteiger partial charge in [-0.1, -0.05) is 0 Å². The molecule has 3 rings (SSSR count). The molecule has 0 unspecified atom stereocenters. The molecule has 0 aliphatic heterocycles. The standard InChI is InChI=1S/C15H25N3O/c1-19-10-2-8-18-9-7-16-15(18)17-11-14(12-3-4-12)13-5-6-13/h7,9,12-14H,2-6,8,10-11H2,1H3,(H,16,17). The molecule has 1 heterocycles. The maximum Gasteiger partial charge on any atom is 0.202 e. The van der Waals surface area contributed by atoms with Gasteiger partial charge in [0.1, 0.15) is 0 Å². The van der Waals surface area contributed by atoms with Crippen LogP contribution in [-0.4, -0.2) is 29.8 Å². The van der Waals surface area contributed by atoms with Crippen molar-refractivity contribution in [1.82, 2.24) is 9.55 Å². The van der Waals surface area contributed by atoms with Crippen LogP contribution >= 0.6 is 0 Å². The number of aryl methyl sites for hydroxylation is 1. The smallest absolute Gasteiger partial charge is 0.202 e. The minimum atomic E-state index is 0.810. The highest BCUT2D eigenvalue weighted by atomic mass is 16.5. The topological polar surface area (TPSA) is 39.1 Å². The Morgan fingerprint density at radius 1 is 1.37 bits per heavy atom. The molecule has 19 heavy (non-hydrogen) atoms. The van der Waals surface area contributed by atoms with Gasteiger partial charge < -0.3 is 14.6 Å². The van der Waals surface area contributed by atoms with E-state index < -0.39 is 0 Å². The molecule has 1 N–H and O–H groups in total. The van der Waals surface area contributed by atoms with Crippen molar-refractivity contribution in [2.45, 2.75) is 38.6 Å². The molecule has 2 aliphatic carbocycles. The van der Waals surface area contributed by atoms with Crippen molar-refractivity contribution in [3.8, 4) is 0 Å². The Morgan fingerprint density at radius 2 is 2.11 bits per heavy atom. The summed E-state index contributed by atoms with van der Waals surface area (Å²) in [6.45, 7) is 2.90. The van der Waals surface area contributed by atoms with Gasteiger partial charge in [0.05, 0.1) is 0 Å². The normalized spacial score (nSPS) is 19.1. The zero-order chi connectivity index (χ0) is 13.1. The third-order valence-corrected chi connectivity index (χ3v) is 4.41. The Labute approximate surface area is 115 Å². The average Bonchev–Trinajstić information content (AvgIpc) is 3.31. The van der Waals surface area contributed by atoms with Crippen LogP contribution in [0.2, 0.25) is 0 Å². The fourth-order valence-electron chi connectivity index (χ4n) is 3.01. The molecule has 0 saturated heterocycles. The van der Waals surface area contributed by atoms with Crippen LogP contribution in [0.1, 0.15) is 32.1 Å². The van der Waals surface area contributed by atoms with Crippen LogP contribution in [0.25, 0.3) is 0 Å². The van der Waals surface area contributed by atoms with Gasteiger partial charge >= 0.3 is 0 Å². The lowest BCUT2D eigenvalue weighted by Crippen LogP contribution is -2.20. The lowest BCUT2D eigenvalue weighted by molar-refractivity contribution is 0.190. The number of rotatable bonds is 9. The number of nitrogens with one attached hydrogen (secondary N) is 1. The molecule has 0 amide bonds. The number of nitrogens with zero attached hydrogens (tertiary/aromatic N) is 2. The van der Waals surface area contributed by atoms with E-state index in [0.29, 0.717) is 0 Å². The van der Waals surface area contributed by atoms with Crippen LogP contribution in [0.4, 0.5) is 5.95 Å². The van der Waals surface area contributed by atoms with Gasteiger partial charge in [-0.3, -0.25) is 0 Å². The van der Waals surface area contributed by atoms with Crippen LogP contribution in [0.15, 0.2) is 12.4 Å². The van der Waals surface area contributed by atoms with E-state index in [1.54, 1.807) is 7.11 Å². The fraction of sp³-hybridized carbons (Fsp3) is 0.800. The Bertz CT molecular complexity index is 384. The van der Waals surface area contributed by atoms with Crippen molar-refractivity contribution < 1.29 is 4.74 Å². The summed E-state index contributed by atoms with van der Waals surface area (Å²) < 4.78 is 7.31. The quantitative estimate of drug-likeness (QED) is 0.696. The van der Waals surface area contributed by atoms with Gasteiger partial charge in [0.15, 0.2) is 0 Å². The van der Waals surface area contributed by atoms with Crippen molar-refractivity contribution in [2.75, 3.05) is 25.6 Å². The predicted molar refractivity (Wildman–Crippen MR) is 76.1 cm³/mol. The van der Waals surface area contributed by atoms with Crippen LogP contribution in [-0.2, 0) is 11.3 Å². The number of ether oxygens (including phenoxy) is 1. The minimum Gasteiger partial charge on any atom is -0.385 e. The number of aromatic nitrogens is 2. The fourth-order valence-corrected chi connectivity index (χ4v) is 3.01. The van der Waals surface area contributed by atoms with E-state index in [1.807, 2.05) is 6.20 Å². The summed E-state index contributed by atoms with van der Waals surface area (Å²) in [6, 6.07) is 0. The number of hydrogen-bond donors (Lipinski definition) is 1. The molecule has 106 valence electrons. The Hall–Kier alpha value is -1.03. The maximum absolute atomic E-state index is 5.10. The minimum absolute atomic E-state index is 0.810. The summed E-state index contributed by atoms with van der Waals surface area (Å²) in [5.74, 6) is 3.92. The summed E-state index contributed by atoms with van der Waals surface area (Å²) >= 11 is 0. The Morgan fingerprint density at radius 3 is 2.74 bits per heavy atom. The van der Waals surface area contributed by atoms with Crippen molar-refractivity contribution >= 4 is 5.95 Å². The molecule has 2 fully saturated rings. The number of anilines is 1. The zero-order valence-corrected chi connectivity index (χ0v) is 11.8. The lowest BCUT2D eigenvalue weighted by atomic mass is 9.98. The van der Waals surface area contributed by atoms with Crippen molar-refractivity contribution in [2.24, 2.45) is 17.8 Å². The van der Waals surface area contributed by atoms with Crippen molar-refractivity contribution in [3.63, 3.8) is 0 Å². The van der Waals surface area contributed by atoms with Crippen LogP contribution in [0.3, 0.4) is 0 Å². The SMILES string of the molecule is COCCCn1ccnc1NCC(C1CC1)C1CC1. The van der Waals surface area contributed by atoms with Gasteiger partial charge in [-0.15, -0.1) is 0 Å². The third kappa shape index (κ3) is 3.50. The van der Waals surface area contributed by atoms with E-state index in [2.05, 4.69) is 21.1 Å². The van der Waals surface area contributed by atoms with E-state index >= 15 is 0 Å². The summed E-state index contributed by atoms with van der Waals surface area (Å²) in [4.78, 5) is 4.44. The number of hydrogen-bond acceptors (Lipinski definition) is 3. The van der Waals surface area contributed by atoms with Gasteiger partial charge in [0.2, 0.25) is 5.95 Å². The first-order valence-electron chi connectivity index (χ1n) is 7.62. The van der Waals surface area contributed by atoms with E-state index in [9.17, 15) is 0 Å². The molecular weight excluding hydrogens is 238 g/mol. The molecule has 0 radical (unpaired) electrons. The third-order valence-electron chi connectivity index (χ3n) is 4.41. The molecule has 0 atom stereocenters. The zero-order valence-electron chi connectivity index (χ0n) is 11.8. The molecule has 2 aliphatic rings. The van der Waals surface area contributed by atoms with Gasteiger partial charge in [0.25, 0.3) is 0 Å². The molecule has 0 spiro atoms. The van der Waals surface area contributed by atoms with Gasteiger partial charge in [-0.25, -0.2) is 4.98 Å². The molecule has 1 aromatic heterocycles. The molecule has 0 bridgehead atoms. The highest BCUT2D eigenvalue weighted by Gasteiger charge is 2.41. The molecule has 1 aromatic rings. The van der Waals surface area contributed by atoms with Crippen LogP contribution in [0.5, 0.6) is 0 Å². The summed E-state index contributed by atoms with van der Waals surface area (Å²) in [7, 11) is 1.75. The second-order valence-corrected chi connectivity index (χ2v) is 6.01. The predicted octanol–water partition coefficient (Wildman–Crippen LogP) is 2.77. The second-order valence-electron chi connectivity index (χ2n) is 6.01. The largest absolute Gasteiger partial charge is 0.385 e. The van der Waals surface area contributed by atoms with E-state index in [0.717, 1.165) is 49.8 Å². The molecule has 2 saturated carbocycles. The van der Waals surface area contributed by atoms with E-state index in [-0.39, 0.29) is 0 Å². The maximum atomic E-state index is 5.10. The van der Waals surface area contributed by atoms with E-state index in [4.69, 9.17) is 4.74 Å². The Balaban J connectivity index is 1.49. The Kier molecular flexibility index (Phi) is 4.06. The van der Waals surface area contributed by atoms with Crippen molar-refractivity contribution in [3.05, 3.63) is 12.4 Å². The number of imidazole rings is 1. The molecule has 4 heteroatoms. The van der Waals surface area contributed by atoms with Gasteiger partial charge in [-0.2, -0.15) is 0 Å². The monoisotopic (exact) mass is 263 g/mol. The van der Waals surface area contributed by atoms with Gasteiger partial charge in [-0.05, 0) is 49.9 Å². The van der Waals surface area contributed by atoms with Crippen molar-refractivity contribution in [1.29, 1.82) is 0 Å². The second kappa shape index (κ2) is 5.95. The molecular formula is C15H25N3O. The summed E-state index contributed by atoms with van der Waals surface area (Å²) in [6.07, 6.45) is 10.8. The highest BCUT2D eigenvalue weighted by molar-refractivity contribution is 5.26. The first-order chi connectivity index (χ1) is 9.38. The molecule has 4 nitrogen and oxygen atoms in total. The number of methoxy groups -OCH3 is 1.